The van der Waals surface area contributed by atoms with Crippen LogP contribution in [-0.4, -0.2) is 17.4 Å². The lowest BCUT2D eigenvalue weighted by Gasteiger charge is -2.50. The van der Waals surface area contributed by atoms with Crippen molar-refractivity contribution in [3.05, 3.63) is 60.3 Å². The summed E-state index contributed by atoms with van der Waals surface area (Å²) in [6, 6.07) is 0.210. The molecule has 148 valence electrons. The molecule has 3 aliphatic carbocycles. The first-order chi connectivity index (χ1) is 12.7. The van der Waals surface area contributed by atoms with Gasteiger partial charge in [0, 0.05) is 12.0 Å². The second-order valence-corrected chi connectivity index (χ2v) is 9.62. The van der Waals surface area contributed by atoms with Crippen molar-refractivity contribution in [2.75, 3.05) is 0 Å². The number of rotatable bonds is 4. The minimum atomic E-state index is -0.565. The molecule has 0 bridgehead atoms. The molecule has 7 atom stereocenters. The Bertz CT molecular complexity index is 684. The summed E-state index contributed by atoms with van der Waals surface area (Å²) in [7, 11) is 0. The minimum absolute atomic E-state index is 0.00731. The molecule has 0 aromatic carbocycles. The van der Waals surface area contributed by atoms with E-state index in [1.165, 1.54) is 18.4 Å². The SMILES string of the molecule is CC1=CC=CC(C(O)NC2C=CC(C)(C3(C)C=CC(C)CC3)CC2C)C=C1. The van der Waals surface area contributed by atoms with Gasteiger partial charge >= 0.3 is 0 Å². The van der Waals surface area contributed by atoms with E-state index in [1.807, 2.05) is 6.08 Å². The first-order valence-electron chi connectivity index (χ1n) is 10.6. The van der Waals surface area contributed by atoms with Crippen LogP contribution in [0.3, 0.4) is 0 Å². The summed E-state index contributed by atoms with van der Waals surface area (Å²) in [4.78, 5) is 0. The summed E-state index contributed by atoms with van der Waals surface area (Å²) in [5.74, 6) is 1.20. The number of hydrogen-bond donors (Lipinski definition) is 2. The van der Waals surface area contributed by atoms with Crippen molar-refractivity contribution in [2.45, 2.75) is 66.2 Å². The molecule has 0 spiro atoms. The smallest absolute Gasteiger partial charge is 0.115 e. The fraction of sp³-hybridized carbons (Fsp3) is 0.600. The summed E-state index contributed by atoms with van der Waals surface area (Å²) < 4.78 is 0. The molecule has 0 heterocycles. The maximum Gasteiger partial charge on any atom is 0.115 e. The lowest BCUT2D eigenvalue weighted by molar-refractivity contribution is 0.0683. The van der Waals surface area contributed by atoms with E-state index in [2.05, 4.69) is 88.5 Å². The second-order valence-electron chi connectivity index (χ2n) is 9.62. The quantitative estimate of drug-likeness (QED) is 0.504. The highest BCUT2D eigenvalue weighted by Crippen LogP contribution is 2.53. The summed E-state index contributed by atoms with van der Waals surface area (Å²) in [6.07, 6.45) is 23.1. The van der Waals surface area contributed by atoms with Crippen LogP contribution in [0, 0.1) is 28.6 Å². The molecule has 0 aliphatic heterocycles. The molecule has 2 nitrogen and oxygen atoms in total. The van der Waals surface area contributed by atoms with Crippen LogP contribution in [0.5, 0.6) is 0 Å². The van der Waals surface area contributed by atoms with Crippen LogP contribution in [0.25, 0.3) is 0 Å². The molecule has 3 rings (SSSR count). The topological polar surface area (TPSA) is 32.3 Å². The van der Waals surface area contributed by atoms with Crippen molar-refractivity contribution >= 4 is 0 Å². The van der Waals surface area contributed by atoms with E-state index in [-0.39, 0.29) is 22.8 Å². The zero-order chi connectivity index (χ0) is 19.7. The van der Waals surface area contributed by atoms with Crippen molar-refractivity contribution in [2.24, 2.45) is 28.6 Å². The van der Waals surface area contributed by atoms with E-state index in [4.69, 9.17) is 0 Å². The fourth-order valence-electron chi connectivity index (χ4n) is 4.81. The Hall–Kier alpha value is -1.38. The van der Waals surface area contributed by atoms with Gasteiger partial charge in [0.1, 0.15) is 6.23 Å². The van der Waals surface area contributed by atoms with Crippen LogP contribution in [0.15, 0.2) is 60.3 Å². The van der Waals surface area contributed by atoms with E-state index < -0.39 is 6.23 Å². The number of aliphatic hydroxyl groups is 1. The third-order valence-corrected chi connectivity index (χ3v) is 7.25. The van der Waals surface area contributed by atoms with E-state index in [9.17, 15) is 5.11 Å². The van der Waals surface area contributed by atoms with Crippen molar-refractivity contribution in [3.63, 3.8) is 0 Å². The molecule has 7 unspecified atom stereocenters. The van der Waals surface area contributed by atoms with Gasteiger partial charge in [-0.2, -0.15) is 0 Å². The molecule has 2 heteroatoms. The zero-order valence-electron chi connectivity index (χ0n) is 17.7. The van der Waals surface area contributed by atoms with Gasteiger partial charge in [0.2, 0.25) is 0 Å². The van der Waals surface area contributed by atoms with Crippen LogP contribution in [-0.2, 0) is 0 Å². The molecular weight excluding hydrogens is 330 g/mol. The third-order valence-electron chi connectivity index (χ3n) is 7.25. The average Bonchev–Trinajstić information content (AvgIpc) is 2.84. The Balaban J connectivity index is 1.69. The molecule has 0 radical (unpaired) electrons. The zero-order valence-corrected chi connectivity index (χ0v) is 17.7. The van der Waals surface area contributed by atoms with E-state index in [1.54, 1.807) is 0 Å². The number of nitrogens with one attached hydrogen (secondary N) is 1. The molecule has 27 heavy (non-hydrogen) atoms. The van der Waals surface area contributed by atoms with Gasteiger partial charge in [-0.3, -0.25) is 5.32 Å². The van der Waals surface area contributed by atoms with Gasteiger partial charge in [-0.15, -0.1) is 0 Å². The van der Waals surface area contributed by atoms with Gasteiger partial charge in [0.15, 0.2) is 0 Å². The first-order valence-corrected chi connectivity index (χ1v) is 10.6. The Labute approximate surface area is 165 Å². The van der Waals surface area contributed by atoms with Gasteiger partial charge in [0.25, 0.3) is 0 Å². The van der Waals surface area contributed by atoms with Gasteiger partial charge in [-0.05, 0) is 48.9 Å². The largest absolute Gasteiger partial charge is 0.378 e. The minimum Gasteiger partial charge on any atom is -0.378 e. The number of allylic oxidation sites excluding steroid dienone is 7. The average molecular weight is 368 g/mol. The van der Waals surface area contributed by atoms with Crippen LogP contribution in [0.2, 0.25) is 0 Å². The van der Waals surface area contributed by atoms with Crippen LogP contribution in [0.4, 0.5) is 0 Å². The maximum atomic E-state index is 10.7. The molecule has 2 N–H and O–H groups in total. The molecular formula is C25H37NO. The van der Waals surface area contributed by atoms with Crippen molar-refractivity contribution < 1.29 is 5.11 Å². The highest BCUT2D eigenvalue weighted by molar-refractivity contribution is 5.28. The van der Waals surface area contributed by atoms with Crippen LogP contribution in [0.1, 0.15) is 53.9 Å². The lowest BCUT2D eigenvalue weighted by atomic mass is 9.56. The Morgan fingerprint density at radius 3 is 2.48 bits per heavy atom. The summed E-state index contributed by atoms with van der Waals surface area (Å²) in [6.45, 7) is 11.5. The molecule has 0 aromatic rings. The Kier molecular flexibility index (Phi) is 5.98. The Morgan fingerprint density at radius 1 is 1.07 bits per heavy atom. The van der Waals surface area contributed by atoms with Gasteiger partial charge in [-0.25, -0.2) is 0 Å². The predicted molar refractivity (Wildman–Crippen MR) is 115 cm³/mol. The Morgan fingerprint density at radius 2 is 1.81 bits per heavy atom. The van der Waals surface area contributed by atoms with Crippen LogP contribution >= 0.6 is 0 Å². The highest BCUT2D eigenvalue weighted by atomic mass is 16.3. The number of aliphatic hydroxyl groups excluding tert-OH is 1. The second kappa shape index (κ2) is 7.93. The van der Waals surface area contributed by atoms with Gasteiger partial charge < -0.3 is 5.11 Å². The van der Waals surface area contributed by atoms with Crippen molar-refractivity contribution in [1.82, 2.24) is 5.32 Å². The molecule has 0 saturated carbocycles. The van der Waals surface area contributed by atoms with E-state index in [0.29, 0.717) is 11.8 Å². The van der Waals surface area contributed by atoms with E-state index >= 15 is 0 Å². The molecule has 0 saturated heterocycles. The summed E-state index contributed by atoms with van der Waals surface area (Å²) in [5, 5.41) is 14.2. The predicted octanol–water partition coefficient (Wildman–Crippen LogP) is 5.55. The highest BCUT2D eigenvalue weighted by Gasteiger charge is 2.45. The maximum absolute atomic E-state index is 10.7. The first kappa shape index (κ1) is 20.4. The van der Waals surface area contributed by atoms with Crippen molar-refractivity contribution in [1.29, 1.82) is 0 Å². The lowest BCUT2D eigenvalue weighted by Crippen LogP contribution is -2.49. The number of hydrogen-bond acceptors (Lipinski definition) is 2. The van der Waals surface area contributed by atoms with Crippen molar-refractivity contribution in [3.8, 4) is 0 Å². The molecule has 0 fully saturated rings. The third kappa shape index (κ3) is 4.38. The molecule has 0 amide bonds. The van der Waals surface area contributed by atoms with Gasteiger partial charge in [0.05, 0.1) is 0 Å². The molecule has 0 aromatic heterocycles. The van der Waals surface area contributed by atoms with Gasteiger partial charge in [-0.1, -0.05) is 88.0 Å². The molecule has 3 aliphatic rings. The fourth-order valence-corrected chi connectivity index (χ4v) is 4.81. The monoisotopic (exact) mass is 367 g/mol. The van der Waals surface area contributed by atoms with E-state index in [0.717, 1.165) is 6.42 Å². The standard InChI is InChI=1S/C25H37NO/c1-18-7-6-8-21(10-9-18)23(27)26-22-13-16-25(5,17-20(22)3)24(4)14-11-19(2)12-15-24/h6-11,13-14,16,19-23,26-27H,12,15,17H2,1-5H3. The summed E-state index contributed by atoms with van der Waals surface area (Å²) >= 11 is 0. The van der Waals surface area contributed by atoms with Crippen LogP contribution < -0.4 is 5.32 Å². The summed E-state index contributed by atoms with van der Waals surface area (Å²) in [5.41, 5.74) is 1.62. The normalized spacial score (nSPS) is 42.7.